The van der Waals surface area contributed by atoms with Crippen molar-refractivity contribution in [2.24, 2.45) is 0 Å². The van der Waals surface area contributed by atoms with Gasteiger partial charge in [0.15, 0.2) is 0 Å². The van der Waals surface area contributed by atoms with E-state index in [1.807, 2.05) is 26.8 Å². The van der Waals surface area contributed by atoms with E-state index in [0.717, 1.165) is 55.0 Å². The fraction of sp³-hybridized carbons (Fsp3) is 0.478. The van der Waals surface area contributed by atoms with Gasteiger partial charge in [0.1, 0.15) is 5.82 Å². The second-order valence-corrected chi connectivity index (χ2v) is 7.99. The summed E-state index contributed by atoms with van der Waals surface area (Å²) < 4.78 is 14.5. The van der Waals surface area contributed by atoms with Crippen LogP contribution in [0.15, 0.2) is 23.0 Å². The van der Waals surface area contributed by atoms with Crippen LogP contribution in [0.2, 0.25) is 0 Å². The number of pyridine rings is 1. The second-order valence-electron chi connectivity index (χ2n) is 7.99. The molecule has 1 aromatic carbocycles. The summed E-state index contributed by atoms with van der Waals surface area (Å²) in [6.45, 7) is 10.3. The lowest BCUT2D eigenvalue weighted by atomic mass is 9.99. The quantitative estimate of drug-likeness (QED) is 0.679. The van der Waals surface area contributed by atoms with Gasteiger partial charge in [-0.3, -0.25) is 9.59 Å². The van der Waals surface area contributed by atoms with Crippen LogP contribution in [-0.2, 0) is 6.54 Å². The molecule has 1 amide bonds. The number of halogens is 1. The van der Waals surface area contributed by atoms with Crippen LogP contribution < -0.4 is 21.1 Å². The van der Waals surface area contributed by atoms with Gasteiger partial charge in [0.2, 0.25) is 0 Å². The van der Waals surface area contributed by atoms with Crippen molar-refractivity contribution in [2.45, 2.75) is 53.1 Å². The number of piperidine rings is 1. The van der Waals surface area contributed by atoms with Gasteiger partial charge in [-0.2, -0.15) is 0 Å². The smallest absolute Gasteiger partial charge is 0.253 e. The first kappa shape index (κ1) is 22.0. The lowest BCUT2D eigenvalue weighted by molar-refractivity contribution is 0.0949. The molecule has 1 fully saturated rings. The second kappa shape index (κ2) is 9.43. The third-order valence-corrected chi connectivity index (χ3v) is 5.91. The Bertz CT molecular complexity index is 980. The maximum atomic E-state index is 14.5. The Labute approximate surface area is 176 Å². The van der Waals surface area contributed by atoms with Gasteiger partial charge in [0.25, 0.3) is 11.5 Å². The van der Waals surface area contributed by atoms with Gasteiger partial charge in [0.05, 0.1) is 0 Å². The molecule has 0 atom stereocenters. The van der Waals surface area contributed by atoms with Gasteiger partial charge in [-0.05, 0) is 83.0 Å². The molecule has 30 heavy (non-hydrogen) atoms. The van der Waals surface area contributed by atoms with Crippen LogP contribution in [0.4, 0.5) is 10.1 Å². The third-order valence-electron chi connectivity index (χ3n) is 5.91. The highest BCUT2D eigenvalue weighted by Crippen LogP contribution is 2.29. The Hall–Kier alpha value is -2.67. The van der Waals surface area contributed by atoms with Gasteiger partial charge >= 0.3 is 0 Å². The van der Waals surface area contributed by atoms with Crippen LogP contribution in [0.3, 0.4) is 0 Å². The number of aryl methyl sites for hydroxylation is 2. The highest BCUT2D eigenvalue weighted by molar-refractivity contribution is 5.97. The minimum atomic E-state index is -0.433. The fourth-order valence-electron chi connectivity index (χ4n) is 4.31. The molecule has 1 aromatic heterocycles. The number of benzene rings is 1. The number of aromatic nitrogens is 1. The third kappa shape index (κ3) is 4.73. The van der Waals surface area contributed by atoms with E-state index in [9.17, 15) is 14.0 Å². The lowest BCUT2D eigenvalue weighted by Crippen LogP contribution is -2.43. The zero-order valence-corrected chi connectivity index (χ0v) is 18.2. The maximum Gasteiger partial charge on any atom is 0.253 e. The van der Waals surface area contributed by atoms with Crippen molar-refractivity contribution in [2.75, 3.05) is 24.5 Å². The van der Waals surface area contributed by atoms with Gasteiger partial charge in [-0.1, -0.05) is 0 Å². The van der Waals surface area contributed by atoms with Crippen LogP contribution in [0.1, 0.15) is 52.5 Å². The Morgan fingerprint density at radius 2 is 1.90 bits per heavy atom. The summed E-state index contributed by atoms with van der Waals surface area (Å²) in [4.78, 5) is 30.1. The summed E-state index contributed by atoms with van der Waals surface area (Å²) in [6, 6.07) is 4.98. The number of aromatic amines is 1. The van der Waals surface area contributed by atoms with Crippen LogP contribution in [-0.4, -0.2) is 36.6 Å². The van der Waals surface area contributed by atoms with Crippen molar-refractivity contribution < 1.29 is 9.18 Å². The SMILES string of the molecule is CCN(c1cc(F)cc(C(=O)NCc2c(C)cc(C)[nH]c2=O)c1C)C1CCNCC1. The predicted molar refractivity (Wildman–Crippen MR) is 118 cm³/mol. The first-order valence-electron chi connectivity index (χ1n) is 10.6. The van der Waals surface area contributed by atoms with Crippen molar-refractivity contribution >= 4 is 11.6 Å². The van der Waals surface area contributed by atoms with Crippen molar-refractivity contribution in [3.8, 4) is 0 Å². The Kier molecular flexibility index (Phi) is 6.92. The molecule has 0 aliphatic carbocycles. The summed E-state index contributed by atoms with van der Waals surface area (Å²) in [7, 11) is 0. The summed E-state index contributed by atoms with van der Waals surface area (Å²) in [5.41, 5.74) is 3.70. The molecule has 2 aromatic rings. The number of anilines is 1. The predicted octanol–water partition coefficient (Wildman–Crippen LogP) is 2.95. The number of hydrogen-bond acceptors (Lipinski definition) is 4. The summed E-state index contributed by atoms with van der Waals surface area (Å²) in [5, 5.41) is 6.15. The summed E-state index contributed by atoms with van der Waals surface area (Å²) in [6.07, 6.45) is 1.97. The van der Waals surface area contributed by atoms with E-state index < -0.39 is 5.82 Å². The number of H-pyrrole nitrogens is 1. The molecule has 6 nitrogen and oxygen atoms in total. The standard InChI is InChI=1S/C23H31FN4O2/c1-5-28(18-6-8-25-9-7-18)21-12-17(24)11-19(16(21)4)22(29)26-13-20-14(2)10-15(3)27-23(20)30/h10-12,18,25H,5-9,13H2,1-4H3,(H,26,29)(H,27,30). The topological polar surface area (TPSA) is 77.2 Å². The molecule has 3 N–H and O–H groups in total. The van der Waals surface area contributed by atoms with Crippen LogP contribution in [0, 0.1) is 26.6 Å². The number of rotatable bonds is 6. The van der Waals surface area contributed by atoms with Crippen molar-refractivity contribution in [1.29, 1.82) is 0 Å². The van der Waals surface area contributed by atoms with Crippen LogP contribution in [0.5, 0.6) is 0 Å². The first-order chi connectivity index (χ1) is 14.3. The molecule has 0 bridgehead atoms. The zero-order chi connectivity index (χ0) is 21.8. The Morgan fingerprint density at radius 1 is 1.20 bits per heavy atom. The highest BCUT2D eigenvalue weighted by atomic mass is 19.1. The number of nitrogens with one attached hydrogen (secondary N) is 3. The molecule has 3 rings (SSSR count). The first-order valence-corrected chi connectivity index (χ1v) is 10.6. The molecule has 162 valence electrons. The molecule has 7 heteroatoms. The molecule has 0 saturated carbocycles. The number of hydrogen-bond donors (Lipinski definition) is 3. The molecule has 0 unspecified atom stereocenters. The minimum absolute atomic E-state index is 0.0946. The summed E-state index contributed by atoms with van der Waals surface area (Å²) in [5.74, 6) is -0.813. The van der Waals surface area contributed by atoms with E-state index in [0.29, 0.717) is 17.2 Å². The molecule has 0 spiro atoms. The van der Waals surface area contributed by atoms with Crippen molar-refractivity contribution in [1.82, 2.24) is 15.6 Å². The van der Waals surface area contributed by atoms with E-state index in [4.69, 9.17) is 0 Å². The fourth-order valence-corrected chi connectivity index (χ4v) is 4.31. The number of carbonyl (C=O) groups is 1. The molecule has 0 radical (unpaired) electrons. The van der Waals surface area contributed by atoms with E-state index in [-0.39, 0.29) is 18.0 Å². The lowest BCUT2D eigenvalue weighted by Gasteiger charge is -2.37. The Morgan fingerprint density at radius 3 is 2.53 bits per heavy atom. The molecular weight excluding hydrogens is 383 g/mol. The van der Waals surface area contributed by atoms with Gasteiger partial charge in [0, 0.05) is 41.6 Å². The average Bonchev–Trinajstić information content (AvgIpc) is 2.70. The highest BCUT2D eigenvalue weighted by Gasteiger charge is 2.24. The van der Waals surface area contributed by atoms with E-state index >= 15 is 0 Å². The molecule has 1 saturated heterocycles. The zero-order valence-electron chi connectivity index (χ0n) is 18.2. The van der Waals surface area contributed by atoms with E-state index in [1.165, 1.54) is 12.1 Å². The number of nitrogens with zero attached hydrogens (tertiary/aromatic N) is 1. The van der Waals surface area contributed by atoms with Crippen LogP contribution in [0.25, 0.3) is 0 Å². The summed E-state index contributed by atoms with van der Waals surface area (Å²) >= 11 is 0. The largest absolute Gasteiger partial charge is 0.368 e. The molecule has 1 aliphatic heterocycles. The van der Waals surface area contributed by atoms with E-state index in [2.05, 4.69) is 27.4 Å². The van der Waals surface area contributed by atoms with Gasteiger partial charge in [-0.15, -0.1) is 0 Å². The minimum Gasteiger partial charge on any atom is -0.368 e. The average molecular weight is 415 g/mol. The monoisotopic (exact) mass is 414 g/mol. The van der Waals surface area contributed by atoms with Crippen LogP contribution >= 0.6 is 0 Å². The molecular formula is C23H31FN4O2. The maximum absolute atomic E-state index is 14.5. The number of carbonyl (C=O) groups excluding carboxylic acids is 1. The van der Waals surface area contributed by atoms with E-state index in [1.54, 1.807) is 0 Å². The van der Waals surface area contributed by atoms with Crippen molar-refractivity contribution in [3.05, 3.63) is 62.3 Å². The van der Waals surface area contributed by atoms with Gasteiger partial charge in [-0.25, -0.2) is 4.39 Å². The molecule has 1 aliphatic rings. The number of amides is 1. The molecule has 2 heterocycles. The van der Waals surface area contributed by atoms with Crippen molar-refractivity contribution in [3.63, 3.8) is 0 Å². The Balaban J connectivity index is 1.85. The van der Waals surface area contributed by atoms with Gasteiger partial charge < -0.3 is 20.5 Å². The normalized spacial score (nSPS) is 14.6.